The molecular formula is C8H17N3O2. The Hall–Kier alpha value is -0.650. The molecule has 0 bridgehead atoms. The molecule has 0 aromatic rings. The third kappa shape index (κ3) is 3.30. The molecule has 1 unspecified atom stereocenters. The molecule has 5 nitrogen and oxygen atoms in total. The maximum absolute atomic E-state index is 11.4. The van der Waals surface area contributed by atoms with Crippen LogP contribution in [0.5, 0.6) is 0 Å². The molecule has 5 heteroatoms. The van der Waals surface area contributed by atoms with Crippen LogP contribution in [0.2, 0.25) is 0 Å². The summed E-state index contributed by atoms with van der Waals surface area (Å²) in [5.74, 6) is -0.0786. The van der Waals surface area contributed by atoms with Crippen molar-refractivity contribution >= 4 is 5.91 Å². The van der Waals surface area contributed by atoms with E-state index in [1.54, 1.807) is 0 Å². The fourth-order valence-electron chi connectivity index (χ4n) is 1.13. The maximum atomic E-state index is 11.4. The molecule has 1 amide bonds. The first-order valence-electron chi connectivity index (χ1n) is 4.57. The highest BCUT2D eigenvalue weighted by Gasteiger charge is 2.22. The summed E-state index contributed by atoms with van der Waals surface area (Å²) in [6.07, 6.45) is -0.359. The number of ether oxygens (including phenoxy) is 1. The second kappa shape index (κ2) is 5.16. The summed E-state index contributed by atoms with van der Waals surface area (Å²) >= 11 is 0. The Morgan fingerprint density at radius 2 is 2.62 bits per heavy atom. The van der Waals surface area contributed by atoms with Crippen LogP contribution in [0.3, 0.4) is 0 Å². The summed E-state index contributed by atoms with van der Waals surface area (Å²) in [6, 6.07) is 0.0121. The van der Waals surface area contributed by atoms with Crippen molar-refractivity contribution in [3.8, 4) is 0 Å². The summed E-state index contributed by atoms with van der Waals surface area (Å²) in [4.78, 5) is 11.4. The molecule has 2 atom stereocenters. The number of nitrogens with one attached hydrogen (secondary N) is 2. The van der Waals surface area contributed by atoms with Crippen LogP contribution in [0.1, 0.15) is 6.92 Å². The minimum Gasteiger partial charge on any atom is -0.366 e. The highest BCUT2D eigenvalue weighted by atomic mass is 16.5. The first-order chi connectivity index (χ1) is 6.24. The van der Waals surface area contributed by atoms with Crippen LogP contribution >= 0.6 is 0 Å². The first-order valence-corrected chi connectivity index (χ1v) is 4.57. The second-order valence-corrected chi connectivity index (χ2v) is 3.21. The molecule has 0 saturated carbocycles. The third-order valence-electron chi connectivity index (χ3n) is 1.96. The van der Waals surface area contributed by atoms with Gasteiger partial charge in [-0.15, -0.1) is 0 Å². The van der Waals surface area contributed by atoms with Gasteiger partial charge in [-0.25, -0.2) is 0 Å². The van der Waals surface area contributed by atoms with Crippen molar-refractivity contribution in [3.05, 3.63) is 0 Å². The molecule has 1 aliphatic heterocycles. The Morgan fingerprint density at radius 1 is 1.85 bits per heavy atom. The lowest BCUT2D eigenvalue weighted by molar-refractivity contribution is -0.134. The van der Waals surface area contributed by atoms with Crippen molar-refractivity contribution in [3.63, 3.8) is 0 Å². The van der Waals surface area contributed by atoms with Crippen molar-refractivity contribution in [2.45, 2.75) is 19.1 Å². The predicted octanol–water partition coefficient (Wildman–Crippen LogP) is -1.56. The van der Waals surface area contributed by atoms with E-state index in [0.29, 0.717) is 19.7 Å². The number of morpholine rings is 1. The Balaban J connectivity index is 2.29. The van der Waals surface area contributed by atoms with Crippen molar-refractivity contribution in [2.24, 2.45) is 5.73 Å². The molecule has 0 aromatic heterocycles. The van der Waals surface area contributed by atoms with Gasteiger partial charge < -0.3 is 21.1 Å². The molecule has 1 fully saturated rings. The standard InChI is InChI=1S/C8H17N3O2/c1-6(4-9)11-8(12)7-5-10-2-3-13-7/h6-7,10H,2-5,9H2,1H3,(H,11,12)/t6-,7?/m0/s1. The summed E-state index contributed by atoms with van der Waals surface area (Å²) < 4.78 is 5.27. The predicted molar refractivity (Wildman–Crippen MR) is 49.3 cm³/mol. The lowest BCUT2D eigenvalue weighted by Gasteiger charge is -2.24. The maximum Gasteiger partial charge on any atom is 0.250 e. The minimum absolute atomic E-state index is 0.0121. The molecule has 1 saturated heterocycles. The van der Waals surface area contributed by atoms with Crippen molar-refractivity contribution < 1.29 is 9.53 Å². The Morgan fingerprint density at radius 3 is 3.15 bits per heavy atom. The van der Waals surface area contributed by atoms with Gasteiger partial charge in [0.15, 0.2) is 0 Å². The van der Waals surface area contributed by atoms with Gasteiger partial charge >= 0.3 is 0 Å². The molecule has 0 radical (unpaired) electrons. The van der Waals surface area contributed by atoms with Gasteiger partial charge in [-0.05, 0) is 6.92 Å². The molecule has 4 N–H and O–H groups in total. The van der Waals surface area contributed by atoms with E-state index >= 15 is 0 Å². The van der Waals surface area contributed by atoms with Crippen LogP contribution in [0.25, 0.3) is 0 Å². The van der Waals surface area contributed by atoms with Crippen molar-refractivity contribution in [1.82, 2.24) is 10.6 Å². The van der Waals surface area contributed by atoms with E-state index < -0.39 is 0 Å². The normalized spacial score (nSPS) is 25.2. The van der Waals surface area contributed by atoms with Crippen LogP contribution in [0.4, 0.5) is 0 Å². The quantitative estimate of drug-likeness (QED) is 0.499. The average molecular weight is 187 g/mol. The van der Waals surface area contributed by atoms with Gasteiger partial charge in [-0.3, -0.25) is 4.79 Å². The van der Waals surface area contributed by atoms with Gasteiger partial charge in [0.2, 0.25) is 0 Å². The lowest BCUT2D eigenvalue weighted by atomic mass is 10.2. The zero-order valence-electron chi connectivity index (χ0n) is 7.88. The summed E-state index contributed by atoms with van der Waals surface area (Å²) in [5, 5.41) is 5.86. The summed E-state index contributed by atoms with van der Waals surface area (Å²) in [6.45, 7) is 4.31. The number of amides is 1. The van der Waals surface area contributed by atoms with E-state index in [9.17, 15) is 4.79 Å². The van der Waals surface area contributed by atoms with Gasteiger partial charge in [-0.1, -0.05) is 0 Å². The minimum atomic E-state index is -0.359. The Kier molecular flexibility index (Phi) is 4.14. The fourth-order valence-corrected chi connectivity index (χ4v) is 1.13. The zero-order valence-corrected chi connectivity index (χ0v) is 7.88. The first kappa shape index (κ1) is 10.4. The molecule has 76 valence electrons. The molecule has 0 aromatic carbocycles. The number of rotatable bonds is 3. The number of nitrogens with two attached hydrogens (primary N) is 1. The lowest BCUT2D eigenvalue weighted by Crippen LogP contribution is -2.51. The zero-order chi connectivity index (χ0) is 9.68. The van der Waals surface area contributed by atoms with E-state index in [2.05, 4.69) is 10.6 Å². The van der Waals surface area contributed by atoms with Gasteiger partial charge in [0.25, 0.3) is 5.91 Å². The van der Waals surface area contributed by atoms with Crippen molar-refractivity contribution in [1.29, 1.82) is 0 Å². The van der Waals surface area contributed by atoms with Gasteiger partial charge in [0.1, 0.15) is 6.10 Å². The van der Waals surface area contributed by atoms with E-state index in [0.717, 1.165) is 6.54 Å². The van der Waals surface area contributed by atoms with Gasteiger partial charge in [0, 0.05) is 25.7 Å². The molecule has 1 rings (SSSR count). The summed E-state index contributed by atoms with van der Waals surface area (Å²) in [5.41, 5.74) is 5.38. The van der Waals surface area contributed by atoms with Crippen molar-refractivity contribution in [2.75, 3.05) is 26.2 Å². The SMILES string of the molecule is C[C@@H](CN)NC(=O)C1CNCCO1. The molecular weight excluding hydrogens is 170 g/mol. The monoisotopic (exact) mass is 187 g/mol. The second-order valence-electron chi connectivity index (χ2n) is 3.21. The third-order valence-corrected chi connectivity index (χ3v) is 1.96. The van der Waals surface area contributed by atoms with Crippen LogP contribution in [-0.2, 0) is 9.53 Å². The Bertz CT molecular complexity index is 169. The van der Waals surface area contributed by atoms with Gasteiger partial charge in [0.05, 0.1) is 6.61 Å². The number of hydrogen-bond acceptors (Lipinski definition) is 4. The number of carbonyl (C=O) groups is 1. The average Bonchev–Trinajstić information content (AvgIpc) is 2.19. The largest absolute Gasteiger partial charge is 0.366 e. The number of hydrogen-bond donors (Lipinski definition) is 3. The van der Waals surface area contributed by atoms with Crippen LogP contribution in [0.15, 0.2) is 0 Å². The Labute approximate surface area is 78.0 Å². The van der Waals surface area contributed by atoms with E-state index in [4.69, 9.17) is 10.5 Å². The molecule has 1 heterocycles. The molecule has 0 aliphatic carbocycles. The smallest absolute Gasteiger partial charge is 0.250 e. The van der Waals surface area contributed by atoms with Gasteiger partial charge in [-0.2, -0.15) is 0 Å². The topological polar surface area (TPSA) is 76.4 Å². The van der Waals surface area contributed by atoms with Crippen LogP contribution < -0.4 is 16.4 Å². The summed E-state index contributed by atoms with van der Waals surface area (Å²) in [7, 11) is 0. The molecule has 13 heavy (non-hydrogen) atoms. The van der Waals surface area contributed by atoms with E-state index in [1.807, 2.05) is 6.92 Å². The van der Waals surface area contributed by atoms with E-state index in [-0.39, 0.29) is 18.1 Å². The number of carbonyl (C=O) groups excluding carboxylic acids is 1. The molecule has 0 spiro atoms. The highest BCUT2D eigenvalue weighted by molar-refractivity contribution is 5.81. The van der Waals surface area contributed by atoms with Crippen LogP contribution in [0, 0.1) is 0 Å². The molecule has 1 aliphatic rings. The van der Waals surface area contributed by atoms with Crippen LogP contribution in [-0.4, -0.2) is 44.3 Å². The fraction of sp³-hybridized carbons (Fsp3) is 0.875. The highest BCUT2D eigenvalue weighted by Crippen LogP contribution is 1.96. The van der Waals surface area contributed by atoms with E-state index in [1.165, 1.54) is 0 Å².